The van der Waals surface area contributed by atoms with Crippen LogP contribution in [0.4, 0.5) is 0 Å². The molecule has 1 aromatic carbocycles. The summed E-state index contributed by atoms with van der Waals surface area (Å²) in [5.41, 5.74) is 2.96. The van der Waals surface area contributed by atoms with Crippen molar-refractivity contribution in [3.63, 3.8) is 0 Å². The average molecular weight is 345 g/mol. The molecule has 24 heavy (non-hydrogen) atoms. The molecule has 0 fully saturated rings. The molecule has 0 aliphatic rings. The second-order valence-electron chi connectivity index (χ2n) is 7.61. The molecule has 0 saturated heterocycles. The molecule has 1 N–H and O–H groups in total. The largest absolute Gasteiger partial charge is 0.389 e. The lowest BCUT2D eigenvalue weighted by Gasteiger charge is -2.26. The van der Waals surface area contributed by atoms with Gasteiger partial charge in [0.05, 0.1) is 5.60 Å². The van der Waals surface area contributed by atoms with E-state index in [0.717, 1.165) is 25.7 Å². The van der Waals surface area contributed by atoms with Gasteiger partial charge in [-0.25, -0.2) is 0 Å². The fourth-order valence-electron chi connectivity index (χ4n) is 3.07. The zero-order valence-electron chi connectivity index (χ0n) is 16.2. The molecule has 0 radical (unpaired) electrons. The van der Waals surface area contributed by atoms with E-state index in [1.54, 1.807) is 0 Å². The van der Waals surface area contributed by atoms with E-state index in [-0.39, 0.29) is 0 Å². The third kappa shape index (κ3) is 7.68. The first kappa shape index (κ1) is 21.0. The van der Waals surface area contributed by atoms with E-state index in [4.69, 9.17) is 0 Å². The van der Waals surface area contributed by atoms with Gasteiger partial charge in [0.2, 0.25) is 0 Å². The van der Waals surface area contributed by atoms with Crippen molar-refractivity contribution < 1.29 is 5.11 Å². The Morgan fingerprint density at radius 2 is 1.46 bits per heavy atom. The van der Waals surface area contributed by atoms with E-state index < -0.39 is 13.7 Å². The molecule has 1 rings (SSSR count). The molecular weight excluding hydrogens is 308 g/mol. The molecule has 0 aliphatic heterocycles. The van der Waals surface area contributed by atoms with E-state index in [1.807, 2.05) is 0 Å². The van der Waals surface area contributed by atoms with Gasteiger partial charge in [-0.15, -0.1) is 11.5 Å². The lowest BCUT2D eigenvalue weighted by atomic mass is 9.87. The normalized spacial score (nSPS) is 11.9. The van der Waals surface area contributed by atoms with Gasteiger partial charge in [0.1, 0.15) is 0 Å². The molecule has 134 valence electrons. The highest BCUT2D eigenvalue weighted by Crippen LogP contribution is 2.25. The number of rotatable bonds is 10. The van der Waals surface area contributed by atoms with Crippen molar-refractivity contribution in [3.05, 3.63) is 30.3 Å². The Labute approximate surface area is 150 Å². The first-order chi connectivity index (χ1) is 11.4. The third-order valence-corrected chi connectivity index (χ3v) is 7.38. The highest BCUT2D eigenvalue weighted by Gasteiger charge is 2.25. The fourth-order valence-corrected chi connectivity index (χ4v) is 4.77. The monoisotopic (exact) mass is 344 g/mol. The lowest BCUT2D eigenvalue weighted by molar-refractivity contribution is 0.0228. The maximum Gasteiger partial charge on any atom is 0.162 e. The van der Waals surface area contributed by atoms with E-state index >= 15 is 0 Å². The Hall–Kier alpha value is -1.04. The maximum absolute atomic E-state index is 11.0. The van der Waals surface area contributed by atoms with Gasteiger partial charge < -0.3 is 5.11 Å². The minimum absolute atomic E-state index is 0.585. The Kier molecular flexibility index (Phi) is 9.40. The zero-order chi connectivity index (χ0) is 17.9. The Morgan fingerprint density at radius 1 is 0.917 bits per heavy atom. The summed E-state index contributed by atoms with van der Waals surface area (Å²) in [4.78, 5) is 0. The predicted octanol–water partition coefficient (Wildman–Crippen LogP) is 5.43. The molecule has 2 heteroatoms. The molecule has 0 saturated carbocycles. The van der Waals surface area contributed by atoms with Gasteiger partial charge in [-0.2, -0.15) is 0 Å². The number of hydrogen-bond donors (Lipinski definition) is 1. The van der Waals surface area contributed by atoms with E-state index in [9.17, 15) is 5.11 Å². The molecule has 1 nitrogen and oxygen atoms in total. The van der Waals surface area contributed by atoms with Gasteiger partial charge >= 0.3 is 0 Å². The molecular formula is C22H36OSi. The van der Waals surface area contributed by atoms with Crippen molar-refractivity contribution in [2.75, 3.05) is 0 Å². The summed E-state index contributed by atoms with van der Waals surface area (Å²) in [6.45, 7) is 9.01. The topological polar surface area (TPSA) is 20.2 Å². The number of aliphatic hydroxyl groups is 1. The SMILES string of the molecule is CCCCCC(O)(CC#C[Si](C)(C)c1ccccc1)CCCCC. The van der Waals surface area contributed by atoms with E-state index in [2.05, 4.69) is 68.7 Å². The van der Waals surface area contributed by atoms with Gasteiger partial charge in [0, 0.05) is 6.42 Å². The second-order valence-corrected chi connectivity index (χ2v) is 11.7. The van der Waals surface area contributed by atoms with Crippen LogP contribution in [-0.2, 0) is 0 Å². The minimum atomic E-state index is -1.73. The van der Waals surface area contributed by atoms with Crippen LogP contribution in [0.1, 0.15) is 71.6 Å². The Bertz CT molecular complexity index is 500. The lowest BCUT2D eigenvalue weighted by Crippen LogP contribution is -2.40. The van der Waals surface area contributed by atoms with Gasteiger partial charge in [0.15, 0.2) is 8.07 Å². The summed E-state index contributed by atoms with van der Waals surface area (Å²) in [7, 11) is -1.73. The van der Waals surface area contributed by atoms with Gasteiger partial charge in [-0.1, -0.05) is 95.8 Å². The number of unbranched alkanes of at least 4 members (excludes halogenated alkanes) is 4. The van der Waals surface area contributed by atoms with Crippen LogP contribution in [0.2, 0.25) is 13.1 Å². The third-order valence-electron chi connectivity index (χ3n) is 4.81. The summed E-state index contributed by atoms with van der Waals surface area (Å²) >= 11 is 0. The van der Waals surface area contributed by atoms with Crippen molar-refractivity contribution in [2.45, 2.75) is 90.3 Å². The number of benzene rings is 1. The standard InChI is InChI=1S/C22H36OSi/c1-5-7-12-17-22(23,18-13-8-6-2)19-14-20-24(3,4)21-15-10-9-11-16-21/h9-11,15-16,23H,5-8,12-13,17-19H2,1-4H3. The van der Waals surface area contributed by atoms with E-state index in [1.165, 1.54) is 30.9 Å². The van der Waals surface area contributed by atoms with Crippen LogP contribution in [0.15, 0.2) is 30.3 Å². The van der Waals surface area contributed by atoms with Crippen LogP contribution in [-0.4, -0.2) is 18.8 Å². The van der Waals surface area contributed by atoms with Gasteiger partial charge in [0.25, 0.3) is 0 Å². The highest BCUT2D eigenvalue weighted by atomic mass is 28.3. The average Bonchev–Trinajstić information content (AvgIpc) is 2.56. The molecule has 0 aliphatic carbocycles. The summed E-state index contributed by atoms with van der Waals surface area (Å²) in [6.07, 6.45) is 9.44. The summed E-state index contributed by atoms with van der Waals surface area (Å²) in [6, 6.07) is 10.6. The minimum Gasteiger partial charge on any atom is -0.389 e. The van der Waals surface area contributed by atoms with Crippen molar-refractivity contribution >= 4 is 13.3 Å². The smallest absolute Gasteiger partial charge is 0.162 e. The molecule has 0 bridgehead atoms. The first-order valence-corrected chi connectivity index (χ1v) is 12.7. The molecule has 0 heterocycles. The van der Waals surface area contributed by atoms with Crippen LogP contribution in [0.3, 0.4) is 0 Å². The first-order valence-electron chi connectivity index (χ1n) is 9.71. The quantitative estimate of drug-likeness (QED) is 0.341. The number of hydrogen-bond acceptors (Lipinski definition) is 1. The maximum atomic E-state index is 11.0. The predicted molar refractivity (Wildman–Crippen MR) is 109 cm³/mol. The Balaban J connectivity index is 2.72. The van der Waals surface area contributed by atoms with Crippen LogP contribution in [0.25, 0.3) is 0 Å². The van der Waals surface area contributed by atoms with Crippen LogP contribution < -0.4 is 5.19 Å². The van der Waals surface area contributed by atoms with Crippen LogP contribution in [0.5, 0.6) is 0 Å². The van der Waals surface area contributed by atoms with E-state index in [0.29, 0.717) is 6.42 Å². The molecule has 0 aromatic heterocycles. The van der Waals surface area contributed by atoms with Crippen LogP contribution >= 0.6 is 0 Å². The fraction of sp³-hybridized carbons (Fsp3) is 0.636. The zero-order valence-corrected chi connectivity index (χ0v) is 17.2. The Morgan fingerprint density at radius 3 is 1.96 bits per heavy atom. The molecule has 1 aromatic rings. The van der Waals surface area contributed by atoms with Gasteiger partial charge in [-0.3, -0.25) is 0 Å². The van der Waals surface area contributed by atoms with Crippen LogP contribution in [0, 0.1) is 11.5 Å². The van der Waals surface area contributed by atoms with Crippen molar-refractivity contribution in [3.8, 4) is 11.5 Å². The van der Waals surface area contributed by atoms with Crippen molar-refractivity contribution in [1.82, 2.24) is 0 Å². The molecule has 0 unspecified atom stereocenters. The summed E-state index contributed by atoms with van der Waals surface area (Å²) in [5, 5.41) is 12.4. The molecule has 0 atom stereocenters. The molecule has 0 spiro atoms. The summed E-state index contributed by atoms with van der Waals surface area (Å²) in [5.74, 6) is 3.38. The second kappa shape index (κ2) is 10.7. The van der Waals surface area contributed by atoms with Gasteiger partial charge in [-0.05, 0) is 18.0 Å². The van der Waals surface area contributed by atoms with Crippen molar-refractivity contribution in [2.24, 2.45) is 0 Å². The summed E-state index contributed by atoms with van der Waals surface area (Å²) < 4.78 is 0. The molecule has 0 amide bonds. The van der Waals surface area contributed by atoms with Crippen molar-refractivity contribution in [1.29, 1.82) is 0 Å². The highest BCUT2D eigenvalue weighted by molar-refractivity contribution is 6.96.